The summed E-state index contributed by atoms with van der Waals surface area (Å²) in [6, 6.07) is 3.71. The Morgan fingerprint density at radius 1 is 1.42 bits per heavy atom. The topological polar surface area (TPSA) is 115 Å². The minimum absolute atomic E-state index is 0.102. The van der Waals surface area contributed by atoms with Gasteiger partial charge in [-0.25, -0.2) is 0 Å². The van der Waals surface area contributed by atoms with E-state index in [0.717, 1.165) is 0 Å². The highest BCUT2D eigenvalue weighted by atomic mass is 35.5. The number of hydrogen-bond acceptors (Lipinski definition) is 4. The zero-order chi connectivity index (χ0) is 14.4. The Morgan fingerprint density at radius 3 is 2.63 bits per heavy atom. The molecule has 0 aliphatic carbocycles. The third kappa shape index (κ3) is 4.55. The van der Waals surface area contributed by atoms with Crippen LogP contribution < -0.4 is 11.1 Å². The number of nitro groups is 1. The molecule has 1 aromatic carbocycles. The molecule has 0 unspecified atom stereocenters. The SMILES string of the molecule is NC(=O)CCCNC(=O)c1ccc([N+](=O)[O-])c(Cl)c1. The van der Waals surface area contributed by atoms with Crippen molar-refractivity contribution in [2.45, 2.75) is 12.8 Å². The van der Waals surface area contributed by atoms with Crippen LogP contribution in [-0.2, 0) is 4.79 Å². The van der Waals surface area contributed by atoms with Crippen LogP contribution in [0, 0.1) is 10.1 Å². The predicted octanol–water partition coefficient (Wildman–Crippen LogP) is 1.24. The Labute approximate surface area is 113 Å². The number of benzene rings is 1. The average molecular weight is 286 g/mol. The number of primary amides is 1. The average Bonchev–Trinajstić information content (AvgIpc) is 2.33. The molecule has 2 amide bonds. The Balaban J connectivity index is 2.60. The van der Waals surface area contributed by atoms with Gasteiger partial charge in [-0.2, -0.15) is 0 Å². The molecule has 0 bridgehead atoms. The summed E-state index contributed by atoms with van der Waals surface area (Å²) in [6.45, 7) is 0.288. The molecule has 0 radical (unpaired) electrons. The minimum Gasteiger partial charge on any atom is -0.370 e. The molecule has 0 fully saturated rings. The first-order chi connectivity index (χ1) is 8.91. The van der Waals surface area contributed by atoms with Crippen LogP contribution in [0.2, 0.25) is 5.02 Å². The fourth-order valence-electron chi connectivity index (χ4n) is 1.36. The molecule has 0 heterocycles. The number of nitrogens with one attached hydrogen (secondary N) is 1. The largest absolute Gasteiger partial charge is 0.370 e. The normalized spacial score (nSPS) is 9.95. The molecule has 0 saturated heterocycles. The molecule has 1 aromatic rings. The van der Waals surface area contributed by atoms with Gasteiger partial charge in [0.2, 0.25) is 5.91 Å². The smallest absolute Gasteiger partial charge is 0.287 e. The molecule has 0 aliphatic heterocycles. The van der Waals surface area contributed by atoms with E-state index in [9.17, 15) is 19.7 Å². The standard InChI is InChI=1S/C11H12ClN3O4/c12-8-6-7(3-4-9(8)15(18)19)11(17)14-5-1-2-10(13)16/h3-4,6H,1-2,5H2,(H2,13,16)(H,14,17). The fourth-order valence-corrected chi connectivity index (χ4v) is 1.61. The summed E-state index contributed by atoms with van der Waals surface area (Å²) < 4.78 is 0. The lowest BCUT2D eigenvalue weighted by Gasteiger charge is -2.05. The van der Waals surface area contributed by atoms with Crippen molar-refractivity contribution in [3.63, 3.8) is 0 Å². The molecule has 8 heteroatoms. The second-order valence-corrected chi connectivity index (χ2v) is 4.16. The van der Waals surface area contributed by atoms with E-state index in [-0.39, 0.29) is 29.2 Å². The fraction of sp³-hybridized carbons (Fsp3) is 0.273. The molecule has 19 heavy (non-hydrogen) atoms. The Bertz CT molecular complexity index is 519. The Morgan fingerprint density at radius 2 is 2.11 bits per heavy atom. The maximum atomic E-state index is 11.7. The second-order valence-electron chi connectivity index (χ2n) is 3.75. The van der Waals surface area contributed by atoms with E-state index < -0.39 is 16.7 Å². The van der Waals surface area contributed by atoms with Crippen molar-refractivity contribution in [1.29, 1.82) is 0 Å². The highest BCUT2D eigenvalue weighted by molar-refractivity contribution is 6.33. The van der Waals surface area contributed by atoms with Gasteiger partial charge in [0.1, 0.15) is 5.02 Å². The number of carbonyl (C=O) groups is 2. The lowest BCUT2D eigenvalue weighted by molar-refractivity contribution is -0.384. The molecule has 3 N–H and O–H groups in total. The summed E-state index contributed by atoms with van der Waals surface area (Å²) in [5.74, 6) is -0.853. The highest BCUT2D eigenvalue weighted by Gasteiger charge is 2.14. The molecule has 0 spiro atoms. The van der Waals surface area contributed by atoms with Crippen molar-refractivity contribution in [3.05, 3.63) is 38.9 Å². The van der Waals surface area contributed by atoms with Gasteiger partial charge in [0.05, 0.1) is 4.92 Å². The van der Waals surface area contributed by atoms with Gasteiger partial charge in [0.25, 0.3) is 11.6 Å². The lowest BCUT2D eigenvalue weighted by Crippen LogP contribution is -2.25. The van der Waals surface area contributed by atoms with Crippen molar-refractivity contribution in [1.82, 2.24) is 5.32 Å². The van der Waals surface area contributed by atoms with Crippen molar-refractivity contribution in [2.24, 2.45) is 5.73 Å². The molecule has 1 rings (SSSR count). The maximum absolute atomic E-state index is 11.7. The van der Waals surface area contributed by atoms with Gasteiger partial charge in [-0.05, 0) is 18.6 Å². The number of carbonyl (C=O) groups excluding carboxylic acids is 2. The van der Waals surface area contributed by atoms with Crippen molar-refractivity contribution < 1.29 is 14.5 Å². The molecule has 0 aliphatic rings. The van der Waals surface area contributed by atoms with Crippen LogP contribution in [0.25, 0.3) is 0 Å². The highest BCUT2D eigenvalue weighted by Crippen LogP contribution is 2.24. The summed E-state index contributed by atoms with van der Waals surface area (Å²) in [5.41, 5.74) is 4.91. The number of amides is 2. The summed E-state index contributed by atoms with van der Waals surface area (Å²) in [7, 11) is 0. The van der Waals surface area contributed by atoms with Gasteiger partial charge >= 0.3 is 0 Å². The number of halogens is 1. The molecule has 102 valence electrons. The third-order valence-electron chi connectivity index (χ3n) is 2.29. The van der Waals surface area contributed by atoms with Gasteiger partial charge < -0.3 is 11.1 Å². The second kappa shape index (κ2) is 6.69. The van der Waals surface area contributed by atoms with Crippen LogP contribution in [0.3, 0.4) is 0 Å². The van der Waals surface area contributed by atoms with E-state index in [1.54, 1.807) is 0 Å². The number of nitrogens with two attached hydrogens (primary N) is 1. The van der Waals surface area contributed by atoms with Gasteiger partial charge in [-0.1, -0.05) is 11.6 Å². The number of hydrogen-bond donors (Lipinski definition) is 2. The predicted molar refractivity (Wildman–Crippen MR) is 68.9 cm³/mol. The first-order valence-corrected chi connectivity index (χ1v) is 5.80. The Kier molecular flexibility index (Phi) is 5.25. The van der Waals surface area contributed by atoms with E-state index in [2.05, 4.69) is 5.32 Å². The van der Waals surface area contributed by atoms with Crippen LogP contribution in [0.1, 0.15) is 23.2 Å². The minimum atomic E-state index is -0.628. The van der Waals surface area contributed by atoms with E-state index in [0.29, 0.717) is 6.42 Å². The quantitative estimate of drug-likeness (QED) is 0.465. The first kappa shape index (κ1) is 14.9. The lowest BCUT2D eigenvalue weighted by atomic mass is 10.2. The van der Waals surface area contributed by atoms with Crippen molar-refractivity contribution in [3.8, 4) is 0 Å². The first-order valence-electron chi connectivity index (χ1n) is 5.42. The van der Waals surface area contributed by atoms with Gasteiger partial charge in [-0.3, -0.25) is 19.7 Å². The van der Waals surface area contributed by atoms with Crippen LogP contribution in [0.15, 0.2) is 18.2 Å². The van der Waals surface area contributed by atoms with Gasteiger partial charge in [0.15, 0.2) is 0 Å². The molecular weight excluding hydrogens is 274 g/mol. The third-order valence-corrected chi connectivity index (χ3v) is 2.59. The number of rotatable bonds is 6. The van der Waals surface area contributed by atoms with E-state index in [1.807, 2.05) is 0 Å². The summed E-state index contributed by atoms with van der Waals surface area (Å²) in [4.78, 5) is 32.1. The van der Waals surface area contributed by atoms with E-state index in [1.165, 1.54) is 18.2 Å². The van der Waals surface area contributed by atoms with Gasteiger partial charge in [-0.15, -0.1) is 0 Å². The van der Waals surface area contributed by atoms with Crippen LogP contribution >= 0.6 is 11.6 Å². The number of nitro benzene ring substituents is 1. The summed E-state index contributed by atoms with van der Waals surface area (Å²) >= 11 is 5.69. The van der Waals surface area contributed by atoms with Crippen molar-refractivity contribution >= 4 is 29.1 Å². The molecule has 0 aromatic heterocycles. The molecule has 0 saturated carbocycles. The molecule has 7 nitrogen and oxygen atoms in total. The van der Waals surface area contributed by atoms with Gasteiger partial charge in [0, 0.05) is 24.6 Å². The molecule has 0 atom stereocenters. The van der Waals surface area contributed by atoms with Crippen LogP contribution in [0.4, 0.5) is 5.69 Å². The van der Waals surface area contributed by atoms with Crippen molar-refractivity contribution in [2.75, 3.05) is 6.54 Å². The maximum Gasteiger partial charge on any atom is 0.287 e. The zero-order valence-electron chi connectivity index (χ0n) is 9.89. The summed E-state index contributed by atoms with van der Waals surface area (Å²) in [6.07, 6.45) is 0.614. The summed E-state index contributed by atoms with van der Waals surface area (Å²) in [5, 5.41) is 13.0. The van der Waals surface area contributed by atoms with E-state index >= 15 is 0 Å². The monoisotopic (exact) mass is 285 g/mol. The zero-order valence-corrected chi connectivity index (χ0v) is 10.6. The van der Waals surface area contributed by atoms with Crippen LogP contribution in [0.5, 0.6) is 0 Å². The van der Waals surface area contributed by atoms with Crippen LogP contribution in [-0.4, -0.2) is 23.3 Å². The van der Waals surface area contributed by atoms with E-state index in [4.69, 9.17) is 17.3 Å². The molecular formula is C11H12ClN3O4. The number of nitrogens with zero attached hydrogens (tertiary/aromatic N) is 1. The Hall–Kier alpha value is -2.15.